The Morgan fingerprint density at radius 2 is 1.89 bits per heavy atom. The molecule has 4 aliphatic rings. The Kier molecular flexibility index (Phi) is 12.7. The number of aliphatic hydroxyl groups excluding tert-OH is 2. The summed E-state index contributed by atoms with van der Waals surface area (Å²) in [7, 11) is 3.86. The van der Waals surface area contributed by atoms with E-state index in [-0.39, 0.29) is 36.2 Å². The molecule has 12 atom stereocenters. The molecule has 0 saturated carbocycles. The number of esters is 1. The van der Waals surface area contributed by atoms with Crippen molar-refractivity contribution >= 4 is 34.8 Å². The summed E-state index contributed by atoms with van der Waals surface area (Å²) < 4.78 is 32.2. The number of amides is 1. The molecule has 1 amide bonds. The maximum Gasteiger partial charge on any atom is 0.411 e. The second-order valence-corrected chi connectivity index (χ2v) is 16.8. The van der Waals surface area contributed by atoms with Gasteiger partial charge in [0.25, 0.3) is 0 Å². The first kappa shape index (κ1) is 41.9. The van der Waals surface area contributed by atoms with Crippen LogP contribution < -0.4 is 0 Å². The standard InChI is InChI=1S/C43H60N4O9/c1-25-20-26(2)39(50)54-34(24-48)43(7)37-29(5)35(45-17-18-47(37)41(51)56-43)27(3)23-42(6,38(25)55-40-36(49)33(46(8)9)21-28(4)53-40)52-19-11-12-30-14-15-32-31(22-30)13-10-16-44-32/h10-16,20,22,25,27-29,33-34,36-38,40,48-49H,17-19,21,23-24H2,1-9H3/b12-11+,26-20+/t25-,27+,28-,29-,33+,34+,36?,37+,38+,40+,42-,43+/m0/s1. The minimum atomic E-state index is -1.34. The molecule has 13 heteroatoms. The molecular formula is C43H60N4O9. The molecule has 2 saturated heterocycles. The quantitative estimate of drug-likeness (QED) is 0.348. The monoisotopic (exact) mass is 776 g/mol. The molecule has 13 nitrogen and oxygen atoms in total. The third kappa shape index (κ3) is 8.44. The van der Waals surface area contributed by atoms with Gasteiger partial charge in [0.2, 0.25) is 0 Å². The van der Waals surface area contributed by atoms with Crippen LogP contribution in [-0.2, 0) is 28.5 Å². The van der Waals surface area contributed by atoms with Crippen LogP contribution in [0.15, 0.2) is 59.2 Å². The SMILES string of the molecule is C/C1=C\[C@H](C)[C@@H](O[C@H]2O[C@@H](C)C[C@@H](N(C)C)C2O)[C@@](C)(OC/C=C/c2ccc3ncccc3c2)C[C@@H](C)C2=NCCN3C(=O)O[C@](C)([C@@H](CO)OC1=O)[C@H]3[C@H]2C. The Morgan fingerprint density at radius 3 is 2.62 bits per heavy atom. The largest absolute Gasteiger partial charge is 0.452 e. The van der Waals surface area contributed by atoms with Crippen molar-refractivity contribution in [3.05, 3.63) is 59.8 Å². The summed E-state index contributed by atoms with van der Waals surface area (Å²) in [6, 6.07) is 9.26. The molecule has 0 spiro atoms. The van der Waals surface area contributed by atoms with Crippen molar-refractivity contribution in [2.45, 2.75) is 115 Å². The number of hydrogen-bond acceptors (Lipinski definition) is 12. The van der Waals surface area contributed by atoms with Crippen molar-refractivity contribution in [2.75, 3.05) is 40.4 Å². The van der Waals surface area contributed by atoms with Crippen LogP contribution in [0.5, 0.6) is 0 Å². The number of hydrogen-bond donors (Lipinski definition) is 2. The van der Waals surface area contributed by atoms with Crippen LogP contribution in [0.3, 0.4) is 0 Å². The van der Waals surface area contributed by atoms with Crippen LogP contribution in [-0.4, -0.2) is 137 Å². The number of carbonyl (C=O) groups excluding carboxylic acids is 2. The van der Waals surface area contributed by atoms with E-state index in [4.69, 9.17) is 28.7 Å². The number of rotatable bonds is 8. The predicted octanol–water partition coefficient (Wildman–Crippen LogP) is 5.03. The average molecular weight is 777 g/mol. The maximum absolute atomic E-state index is 13.8. The molecule has 4 aliphatic heterocycles. The molecule has 1 aromatic carbocycles. The molecule has 1 aromatic heterocycles. The number of pyridine rings is 1. The van der Waals surface area contributed by atoms with Gasteiger partial charge in [-0.3, -0.25) is 14.9 Å². The van der Waals surface area contributed by atoms with Crippen LogP contribution in [0.25, 0.3) is 17.0 Å². The van der Waals surface area contributed by atoms with Crippen molar-refractivity contribution in [1.82, 2.24) is 14.8 Å². The minimum absolute atomic E-state index is 0.182. The molecule has 0 aliphatic carbocycles. The molecule has 56 heavy (non-hydrogen) atoms. The summed E-state index contributed by atoms with van der Waals surface area (Å²) >= 11 is 0. The zero-order valence-electron chi connectivity index (χ0n) is 34.3. The highest BCUT2D eigenvalue weighted by Gasteiger charge is 2.60. The molecule has 1 unspecified atom stereocenters. The lowest BCUT2D eigenvalue weighted by molar-refractivity contribution is -0.295. The molecule has 6 rings (SSSR count). The molecule has 2 bridgehead atoms. The van der Waals surface area contributed by atoms with E-state index in [0.29, 0.717) is 25.9 Å². The van der Waals surface area contributed by atoms with Gasteiger partial charge in [0.15, 0.2) is 18.0 Å². The van der Waals surface area contributed by atoms with Crippen LogP contribution in [0.2, 0.25) is 0 Å². The third-order valence-corrected chi connectivity index (χ3v) is 12.2. The zero-order valence-corrected chi connectivity index (χ0v) is 34.3. The maximum atomic E-state index is 13.8. The van der Waals surface area contributed by atoms with Gasteiger partial charge in [0.1, 0.15) is 6.10 Å². The topological polar surface area (TPSA) is 152 Å². The predicted molar refractivity (Wildman–Crippen MR) is 213 cm³/mol. The Balaban J connectivity index is 1.41. The molecule has 2 aromatic rings. The normalized spacial score (nSPS) is 38.1. The van der Waals surface area contributed by atoms with E-state index in [2.05, 4.69) is 18.0 Å². The van der Waals surface area contributed by atoms with Crippen LogP contribution >= 0.6 is 0 Å². The van der Waals surface area contributed by atoms with Crippen molar-refractivity contribution in [2.24, 2.45) is 22.7 Å². The van der Waals surface area contributed by atoms with E-state index in [1.165, 1.54) is 0 Å². The smallest absolute Gasteiger partial charge is 0.411 e. The molecule has 5 heterocycles. The van der Waals surface area contributed by atoms with E-state index in [1.54, 1.807) is 31.0 Å². The van der Waals surface area contributed by atoms with Crippen LogP contribution in [0, 0.1) is 17.8 Å². The van der Waals surface area contributed by atoms with E-state index < -0.39 is 66.4 Å². The summed E-state index contributed by atoms with van der Waals surface area (Å²) in [5, 5.41) is 23.3. The van der Waals surface area contributed by atoms with Crippen molar-refractivity contribution < 1.29 is 43.5 Å². The Hall–Kier alpha value is -3.72. The average Bonchev–Trinajstić information content (AvgIpc) is 3.28. The van der Waals surface area contributed by atoms with E-state index in [9.17, 15) is 19.8 Å². The molecule has 306 valence electrons. The second kappa shape index (κ2) is 17.0. The number of aliphatic imine (C=N–C) groups is 1. The summed E-state index contributed by atoms with van der Waals surface area (Å²) in [6.07, 6.45) is 4.09. The molecular weight excluding hydrogens is 716 g/mol. The number of nitrogens with zero attached hydrogens (tertiary/aromatic N) is 4. The fourth-order valence-corrected chi connectivity index (χ4v) is 9.50. The lowest BCUT2D eigenvalue weighted by Crippen LogP contribution is -2.59. The highest BCUT2D eigenvalue weighted by Crippen LogP contribution is 2.43. The van der Waals surface area contributed by atoms with Crippen LogP contribution in [0.1, 0.15) is 66.9 Å². The second-order valence-electron chi connectivity index (χ2n) is 16.8. The summed E-state index contributed by atoms with van der Waals surface area (Å²) in [4.78, 5) is 40.4. The van der Waals surface area contributed by atoms with Gasteiger partial charge in [-0.25, -0.2) is 9.59 Å². The number of aliphatic hydroxyl groups is 2. The van der Waals surface area contributed by atoms with Gasteiger partial charge in [-0.05, 0) is 84.3 Å². The summed E-state index contributed by atoms with van der Waals surface area (Å²) in [5.74, 6) is -1.63. The fraction of sp³-hybridized carbons (Fsp3) is 0.628. The summed E-state index contributed by atoms with van der Waals surface area (Å²) in [5.41, 5.74) is 0.694. The number of fused-ring (bicyclic) bond motifs is 2. The van der Waals surface area contributed by atoms with Gasteiger partial charge in [0.05, 0.1) is 49.1 Å². The van der Waals surface area contributed by atoms with Gasteiger partial charge in [-0.2, -0.15) is 0 Å². The highest BCUT2D eigenvalue weighted by atomic mass is 16.7. The number of ether oxygens (including phenoxy) is 5. The first-order valence-electron chi connectivity index (χ1n) is 19.9. The van der Waals surface area contributed by atoms with E-state index >= 15 is 0 Å². The number of likely N-dealkylation sites (N-methyl/N-ethyl adjacent to an activating group) is 1. The lowest BCUT2D eigenvalue weighted by atomic mass is 9.74. The van der Waals surface area contributed by atoms with Crippen LogP contribution in [0.4, 0.5) is 4.79 Å². The minimum Gasteiger partial charge on any atom is -0.452 e. The van der Waals surface area contributed by atoms with Crippen molar-refractivity contribution in [3.63, 3.8) is 0 Å². The van der Waals surface area contributed by atoms with Gasteiger partial charge < -0.3 is 38.8 Å². The first-order chi connectivity index (χ1) is 26.6. The third-order valence-electron chi connectivity index (χ3n) is 12.2. The Morgan fingerprint density at radius 1 is 1.12 bits per heavy atom. The zero-order chi connectivity index (χ0) is 40.5. The Bertz CT molecular complexity index is 1830. The fourth-order valence-electron chi connectivity index (χ4n) is 9.50. The first-order valence-corrected chi connectivity index (χ1v) is 19.9. The van der Waals surface area contributed by atoms with Gasteiger partial charge in [-0.1, -0.05) is 51.1 Å². The number of aromatic nitrogens is 1. The summed E-state index contributed by atoms with van der Waals surface area (Å²) in [6.45, 7) is 13.8. The van der Waals surface area contributed by atoms with Crippen molar-refractivity contribution in [1.29, 1.82) is 0 Å². The van der Waals surface area contributed by atoms with Crippen molar-refractivity contribution in [3.8, 4) is 0 Å². The molecule has 0 radical (unpaired) electrons. The highest BCUT2D eigenvalue weighted by molar-refractivity contribution is 5.91. The van der Waals surface area contributed by atoms with E-state index in [1.807, 2.05) is 83.1 Å². The van der Waals surface area contributed by atoms with Gasteiger partial charge >= 0.3 is 12.1 Å². The number of cyclic esters (lactones) is 1. The van der Waals surface area contributed by atoms with Gasteiger partial charge in [0, 0.05) is 47.3 Å². The molecule has 2 fully saturated rings. The number of benzene rings is 1. The Labute approximate surface area is 330 Å². The van der Waals surface area contributed by atoms with E-state index in [0.717, 1.165) is 22.2 Å². The molecule has 2 N–H and O–H groups in total. The number of carbonyl (C=O) groups is 2. The lowest BCUT2D eigenvalue weighted by Gasteiger charge is -2.47. The van der Waals surface area contributed by atoms with Gasteiger partial charge in [-0.15, -0.1) is 0 Å².